The number of nitrogens with one attached hydrogen (secondary N) is 1. The number of rotatable bonds is 3. The van der Waals surface area contributed by atoms with E-state index in [1.807, 2.05) is 0 Å². The van der Waals surface area contributed by atoms with Crippen LogP contribution in [0.15, 0.2) is 42.5 Å². The van der Waals surface area contributed by atoms with E-state index in [1.165, 1.54) is 12.1 Å². The molecule has 0 radical (unpaired) electrons. The van der Waals surface area contributed by atoms with Crippen LogP contribution < -0.4 is 5.32 Å². The molecule has 1 saturated heterocycles. The van der Waals surface area contributed by atoms with Crippen molar-refractivity contribution in [2.75, 3.05) is 18.4 Å². The normalized spacial score (nSPS) is 15.0. The number of amides is 2. The summed E-state index contributed by atoms with van der Waals surface area (Å²) in [6.07, 6.45) is 1.01. The van der Waals surface area contributed by atoms with Gasteiger partial charge in [0.2, 0.25) is 5.91 Å². The topological polar surface area (TPSA) is 49.4 Å². The molecular weight excluding hydrogens is 378 g/mol. The summed E-state index contributed by atoms with van der Waals surface area (Å²) < 4.78 is 13.8. The molecule has 2 aromatic rings. The molecule has 1 N–H and O–H groups in total. The van der Waals surface area contributed by atoms with Crippen LogP contribution in [-0.2, 0) is 4.79 Å². The van der Waals surface area contributed by atoms with Crippen molar-refractivity contribution in [3.8, 4) is 0 Å². The Morgan fingerprint density at radius 3 is 2.42 bits per heavy atom. The molecule has 0 unspecified atom stereocenters. The van der Waals surface area contributed by atoms with Gasteiger partial charge in [0, 0.05) is 19.0 Å². The molecule has 2 amide bonds. The van der Waals surface area contributed by atoms with Crippen molar-refractivity contribution < 1.29 is 14.0 Å². The molecule has 136 valence electrons. The summed E-state index contributed by atoms with van der Waals surface area (Å²) in [4.78, 5) is 26.5. The quantitative estimate of drug-likeness (QED) is 0.825. The maximum absolute atomic E-state index is 13.8. The van der Waals surface area contributed by atoms with Gasteiger partial charge in [0.1, 0.15) is 5.82 Å². The van der Waals surface area contributed by atoms with E-state index in [-0.39, 0.29) is 23.3 Å². The third-order valence-electron chi connectivity index (χ3n) is 4.47. The number of likely N-dealkylation sites (tertiary alicyclic amines) is 1. The number of carbonyl (C=O) groups excluding carboxylic acids is 2. The average molecular weight is 395 g/mol. The largest absolute Gasteiger partial charge is 0.339 e. The van der Waals surface area contributed by atoms with Crippen molar-refractivity contribution in [1.82, 2.24) is 4.90 Å². The summed E-state index contributed by atoms with van der Waals surface area (Å²) >= 11 is 12.0. The maximum Gasteiger partial charge on any atom is 0.256 e. The molecule has 1 heterocycles. The number of hydrogen-bond donors (Lipinski definition) is 1. The number of piperidine rings is 1. The standard InChI is InChI=1S/C19H17Cl2FN2O2/c20-14-5-3-7-16(17(14)21)23-18(25)12-8-10-24(11-9-12)19(26)13-4-1-2-6-15(13)22/h1-7,12H,8-11H2,(H,23,25). The number of carbonyl (C=O) groups is 2. The maximum atomic E-state index is 13.8. The highest BCUT2D eigenvalue weighted by molar-refractivity contribution is 6.44. The Hall–Kier alpha value is -2.11. The number of nitrogens with zero attached hydrogens (tertiary/aromatic N) is 1. The fourth-order valence-electron chi connectivity index (χ4n) is 2.98. The molecular formula is C19H17Cl2FN2O2. The van der Waals surface area contributed by atoms with Crippen LogP contribution in [0.5, 0.6) is 0 Å². The minimum absolute atomic E-state index is 0.0566. The SMILES string of the molecule is O=C(Nc1cccc(Cl)c1Cl)C1CCN(C(=O)c2ccccc2F)CC1. The number of anilines is 1. The van der Waals surface area contributed by atoms with Gasteiger partial charge in [-0.05, 0) is 37.1 Å². The van der Waals surface area contributed by atoms with Crippen molar-refractivity contribution in [3.63, 3.8) is 0 Å². The fourth-order valence-corrected chi connectivity index (χ4v) is 3.33. The zero-order chi connectivity index (χ0) is 18.7. The van der Waals surface area contributed by atoms with Gasteiger partial charge < -0.3 is 10.2 Å². The Balaban J connectivity index is 1.60. The first-order chi connectivity index (χ1) is 12.5. The molecule has 3 rings (SSSR count). The van der Waals surface area contributed by atoms with E-state index in [1.54, 1.807) is 35.2 Å². The van der Waals surface area contributed by atoms with Gasteiger partial charge in [-0.1, -0.05) is 41.4 Å². The molecule has 0 saturated carbocycles. The van der Waals surface area contributed by atoms with Gasteiger partial charge in [-0.25, -0.2) is 4.39 Å². The number of hydrogen-bond acceptors (Lipinski definition) is 2. The van der Waals surface area contributed by atoms with Crippen LogP contribution in [0, 0.1) is 11.7 Å². The van der Waals surface area contributed by atoms with E-state index in [0.29, 0.717) is 41.7 Å². The minimum atomic E-state index is -0.534. The summed E-state index contributed by atoms with van der Waals surface area (Å²) in [5.41, 5.74) is 0.523. The van der Waals surface area contributed by atoms with Crippen molar-refractivity contribution in [3.05, 3.63) is 63.9 Å². The average Bonchev–Trinajstić information content (AvgIpc) is 2.65. The molecule has 4 nitrogen and oxygen atoms in total. The van der Waals surface area contributed by atoms with Crippen LogP contribution in [0.2, 0.25) is 10.0 Å². The van der Waals surface area contributed by atoms with E-state index in [2.05, 4.69) is 5.32 Å². The Kier molecular flexibility index (Phi) is 5.79. The van der Waals surface area contributed by atoms with E-state index < -0.39 is 5.82 Å². The zero-order valence-electron chi connectivity index (χ0n) is 13.8. The first-order valence-corrected chi connectivity index (χ1v) is 9.01. The highest BCUT2D eigenvalue weighted by atomic mass is 35.5. The van der Waals surface area contributed by atoms with Crippen LogP contribution in [0.3, 0.4) is 0 Å². The zero-order valence-corrected chi connectivity index (χ0v) is 15.4. The van der Waals surface area contributed by atoms with Crippen LogP contribution in [0.1, 0.15) is 23.2 Å². The predicted molar refractivity (Wildman–Crippen MR) is 100 cm³/mol. The third-order valence-corrected chi connectivity index (χ3v) is 5.29. The lowest BCUT2D eigenvalue weighted by Gasteiger charge is -2.31. The first kappa shape index (κ1) is 18.7. The van der Waals surface area contributed by atoms with Gasteiger partial charge >= 0.3 is 0 Å². The lowest BCUT2D eigenvalue weighted by atomic mass is 9.95. The van der Waals surface area contributed by atoms with Gasteiger partial charge in [-0.2, -0.15) is 0 Å². The lowest BCUT2D eigenvalue weighted by Crippen LogP contribution is -2.41. The summed E-state index contributed by atoms with van der Waals surface area (Å²) in [7, 11) is 0. The molecule has 2 aromatic carbocycles. The van der Waals surface area contributed by atoms with Crippen LogP contribution >= 0.6 is 23.2 Å². The second-order valence-corrected chi connectivity index (χ2v) is 6.92. The number of benzene rings is 2. The van der Waals surface area contributed by atoms with Crippen LogP contribution in [-0.4, -0.2) is 29.8 Å². The lowest BCUT2D eigenvalue weighted by molar-refractivity contribution is -0.121. The summed E-state index contributed by atoms with van der Waals surface area (Å²) in [6, 6.07) is 10.9. The first-order valence-electron chi connectivity index (χ1n) is 8.26. The highest BCUT2D eigenvalue weighted by Crippen LogP contribution is 2.30. The molecule has 1 aliphatic rings. The summed E-state index contributed by atoms with van der Waals surface area (Å²) in [6.45, 7) is 0.795. The molecule has 0 spiro atoms. The highest BCUT2D eigenvalue weighted by Gasteiger charge is 2.29. The van der Waals surface area contributed by atoms with E-state index in [9.17, 15) is 14.0 Å². The van der Waals surface area contributed by atoms with Crippen LogP contribution in [0.25, 0.3) is 0 Å². The molecule has 0 aliphatic carbocycles. The Morgan fingerprint density at radius 1 is 1.04 bits per heavy atom. The van der Waals surface area contributed by atoms with Gasteiger partial charge in [-0.15, -0.1) is 0 Å². The Labute approximate surface area is 160 Å². The second-order valence-electron chi connectivity index (χ2n) is 6.14. The van der Waals surface area contributed by atoms with Gasteiger partial charge in [0.05, 0.1) is 21.3 Å². The molecule has 0 atom stereocenters. The molecule has 1 aliphatic heterocycles. The fraction of sp³-hybridized carbons (Fsp3) is 0.263. The van der Waals surface area contributed by atoms with Gasteiger partial charge in [-0.3, -0.25) is 9.59 Å². The molecule has 0 aromatic heterocycles. The number of halogens is 3. The van der Waals surface area contributed by atoms with Crippen molar-refractivity contribution in [1.29, 1.82) is 0 Å². The molecule has 1 fully saturated rings. The minimum Gasteiger partial charge on any atom is -0.339 e. The monoisotopic (exact) mass is 394 g/mol. The molecule has 7 heteroatoms. The predicted octanol–water partition coefficient (Wildman–Crippen LogP) is 4.62. The molecule has 26 heavy (non-hydrogen) atoms. The van der Waals surface area contributed by atoms with E-state index in [4.69, 9.17) is 23.2 Å². The third kappa shape index (κ3) is 4.00. The summed E-state index contributed by atoms with van der Waals surface area (Å²) in [5, 5.41) is 3.46. The van der Waals surface area contributed by atoms with Crippen molar-refractivity contribution in [2.45, 2.75) is 12.8 Å². The van der Waals surface area contributed by atoms with Gasteiger partial charge in [0.25, 0.3) is 5.91 Å². The van der Waals surface area contributed by atoms with Gasteiger partial charge in [0.15, 0.2) is 0 Å². The van der Waals surface area contributed by atoms with Crippen molar-refractivity contribution in [2.24, 2.45) is 5.92 Å². The Morgan fingerprint density at radius 2 is 1.73 bits per heavy atom. The van der Waals surface area contributed by atoms with E-state index in [0.717, 1.165) is 0 Å². The van der Waals surface area contributed by atoms with Crippen molar-refractivity contribution >= 4 is 40.7 Å². The second kappa shape index (κ2) is 8.06. The molecule has 0 bridgehead atoms. The van der Waals surface area contributed by atoms with E-state index >= 15 is 0 Å². The van der Waals surface area contributed by atoms with Crippen LogP contribution in [0.4, 0.5) is 10.1 Å². The Bertz CT molecular complexity index is 836. The summed E-state index contributed by atoms with van der Waals surface area (Å²) in [5.74, 6) is -1.28. The smallest absolute Gasteiger partial charge is 0.256 e.